The van der Waals surface area contributed by atoms with Crippen LogP contribution in [0.2, 0.25) is 0 Å². The first-order valence-corrected chi connectivity index (χ1v) is 27.3. The van der Waals surface area contributed by atoms with Gasteiger partial charge in [-0.05, 0) is 138 Å². The standard InChI is InChI=1S/C74H46N6/c1-3-19-52(20-4-1)77-66-31-14-9-25-56(66)61-43-47(35-39-69(61)77)48-37-41-71-63(44-48)58-27-11-16-33-68(58)80(71)74-60-28-7-12-29-64(60)75-73(76-74)51-18-17-23-54(42-51)79-65-30-13-8-24-55(65)59-38-34-50(46-72(59)79)49-36-40-70-62(45-49)57-26-10-15-32-67(57)78(70)53-21-5-2-6-22-53/h1-46H. The molecule has 0 spiro atoms. The van der Waals surface area contributed by atoms with Gasteiger partial charge < -0.3 is 13.7 Å². The van der Waals surface area contributed by atoms with Crippen LogP contribution in [-0.2, 0) is 0 Å². The highest BCUT2D eigenvalue weighted by atomic mass is 15.1. The maximum Gasteiger partial charge on any atom is 0.162 e. The molecule has 6 nitrogen and oxygen atoms in total. The van der Waals surface area contributed by atoms with Crippen LogP contribution in [0.4, 0.5) is 0 Å². The molecule has 6 heteroatoms. The molecule has 12 aromatic carbocycles. The Morgan fingerprint density at radius 3 is 1.11 bits per heavy atom. The fourth-order valence-electron chi connectivity index (χ4n) is 13.0. The van der Waals surface area contributed by atoms with Crippen LogP contribution in [0.15, 0.2) is 279 Å². The summed E-state index contributed by atoms with van der Waals surface area (Å²) in [5, 5.41) is 10.7. The van der Waals surface area contributed by atoms with Crippen LogP contribution in [0.5, 0.6) is 0 Å². The second kappa shape index (κ2) is 17.3. The second-order valence-electron chi connectivity index (χ2n) is 20.9. The molecule has 0 bridgehead atoms. The van der Waals surface area contributed by atoms with Crippen molar-refractivity contribution < 1.29 is 0 Å². The summed E-state index contributed by atoms with van der Waals surface area (Å²) in [6, 6.07) is 101. The molecule has 0 aliphatic rings. The number of rotatable bonds is 7. The van der Waals surface area contributed by atoms with Gasteiger partial charge in [0, 0.05) is 71.1 Å². The number of fused-ring (bicyclic) bond motifs is 13. The summed E-state index contributed by atoms with van der Waals surface area (Å²) in [5.74, 6) is 1.51. The predicted octanol–water partition coefficient (Wildman–Crippen LogP) is 19.0. The maximum absolute atomic E-state index is 5.59. The lowest BCUT2D eigenvalue weighted by Crippen LogP contribution is -2.03. The molecule has 80 heavy (non-hydrogen) atoms. The molecule has 0 saturated heterocycles. The minimum atomic E-state index is 0.662. The van der Waals surface area contributed by atoms with Gasteiger partial charge in [-0.3, -0.25) is 4.57 Å². The zero-order valence-electron chi connectivity index (χ0n) is 43.2. The number of nitrogens with zero attached hydrogens (tertiary/aromatic N) is 6. The largest absolute Gasteiger partial charge is 0.309 e. The highest BCUT2D eigenvalue weighted by Gasteiger charge is 2.21. The Labute approximate surface area is 459 Å². The number of hydrogen-bond donors (Lipinski definition) is 0. The van der Waals surface area contributed by atoms with E-state index < -0.39 is 0 Å². The first-order valence-electron chi connectivity index (χ1n) is 27.3. The van der Waals surface area contributed by atoms with Gasteiger partial charge >= 0.3 is 0 Å². The van der Waals surface area contributed by atoms with Crippen LogP contribution in [0.3, 0.4) is 0 Å². The number of benzene rings is 12. The van der Waals surface area contributed by atoms with E-state index in [1.807, 2.05) is 0 Å². The molecule has 0 atom stereocenters. The van der Waals surface area contributed by atoms with Crippen molar-refractivity contribution in [2.45, 2.75) is 0 Å². The average Bonchev–Trinajstić information content (AvgIpc) is 4.31. The molecular weight excluding hydrogens is 973 g/mol. The Kier molecular flexibility index (Phi) is 9.61. The summed E-state index contributed by atoms with van der Waals surface area (Å²) in [6.45, 7) is 0. The molecule has 0 radical (unpaired) electrons. The molecule has 0 aliphatic heterocycles. The molecule has 0 unspecified atom stereocenters. The zero-order chi connectivity index (χ0) is 52.4. The van der Waals surface area contributed by atoms with Crippen molar-refractivity contribution in [2.24, 2.45) is 0 Å². The van der Waals surface area contributed by atoms with Gasteiger partial charge in [-0.15, -0.1) is 0 Å². The smallest absolute Gasteiger partial charge is 0.162 e. The third-order valence-electron chi connectivity index (χ3n) is 16.5. The van der Waals surface area contributed by atoms with Gasteiger partial charge in [0.05, 0.1) is 49.7 Å². The van der Waals surface area contributed by atoms with Crippen LogP contribution in [0, 0.1) is 0 Å². The Morgan fingerprint density at radius 1 is 0.200 bits per heavy atom. The Bertz CT molecular complexity index is 5370. The van der Waals surface area contributed by atoms with Crippen molar-refractivity contribution in [3.63, 3.8) is 0 Å². The normalized spacial score (nSPS) is 12.0. The van der Waals surface area contributed by atoms with Gasteiger partial charge in [0.2, 0.25) is 0 Å². The lowest BCUT2D eigenvalue weighted by Gasteiger charge is -2.14. The number of hydrogen-bond acceptors (Lipinski definition) is 2. The fourth-order valence-corrected chi connectivity index (χ4v) is 13.0. The highest BCUT2D eigenvalue weighted by Crippen LogP contribution is 2.42. The third kappa shape index (κ3) is 6.66. The van der Waals surface area contributed by atoms with Crippen molar-refractivity contribution in [3.05, 3.63) is 279 Å². The van der Waals surface area contributed by atoms with Gasteiger partial charge in [0.1, 0.15) is 5.82 Å². The van der Waals surface area contributed by atoms with E-state index in [4.69, 9.17) is 9.97 Å². The molecule has 0 saturated carbocycles. The average molecular weight is 1020 g/mol. The van der Waals surface area contributed by atoms with Gasteiger partial charge in [0.25, 0.3) is 0 Å². The molecule has 17 aromatic rings. The highest BCUT2D eigenvalue weighted by molar-refractivity contribution is 6.15. The lowest BCUT2D eigenvalue weighted by molar-refractivity contribution is 1.07. The third-order valence-corrected chi connectivity index (χ3v) is 16.5. The minimum absolute atomic E-state index is 0.662. The summed E-state index contributed by atoms with van der Waals surface area (Å²) in [7, 11) is 0. The Balaban J connectivity index is 0.796. The Morgan fingerprint density at radius 2 is 0.575 bits per heavy atom. The number of aromatic nitrogens is 6. The molecule has 0 amide bonds. The topological polar surface area (TPSA) is 45.5 Å². The second-order valence-corrected chi connectivity index (χ2v) is 20.9. The van der Waals surface area contributed by atoms with E-state index in [1.54, 1.807) is 0 Å². The minimum Gasteiger partial charge on any atom is -0.309 e. The van der Waals surface area contributed by atoms with E-state index >= 15 is 0 Å². The van der Waals surface area contributed by atoms with Crippen molar-refractivity contribution in [1.82, 2.24) is 28.2 Å². The molecular formula is C74H46N6. The molecule has 0 N–H and O–H groups in total. The van der Waals surface area contributed by atoms with Crippen LogP contribution in [0.25, 0.3) is 155 Å². The summed E-state index contributed by atoms with van der Waals surface area (Å²) >= 11 is 0. The summed E-state index contributed by atoms with van der Waals surface area (Å²) in [6.07, 6.45) is 0. The van der Waals surface area contributed by atoms with Crippen LogP contribution < -0.4 is 0 Å². The first kappa shape index (κ1) is 44.3. The maximum atomic E-state index is 5.59. The first-order chi connectivity index (χ1) is 39.7. The van der Waals surface area contributed by atoms with Crippen molar-refractivity contribution in [3.8, 4) is 56.5 Å². The number of para-hydroxylation sites is 7. The van der Waals surface area contributed by atoms with E-state index in [0.717, 1.165) is 72.5 Å². The van der Waals surface area contributed by atoms with Crippen molar-refractivity contribution >= 4 is 98.1 Å². The van der Waals surface area contributed by atoms with Gasteiger partial charge in [-0.25, -0.2) is 9.97 Å². The van der Waals surface area contributed by atoms with E-state index in [-0.39, 0.29) is 0 Å². The molecule has 0 aliphatic carbocycles. The summed E-state index contributed by atoms with van der Waals surface area (Å²) in [4.78, 5) is 10.9. The van der Waals surface area contributed by atoms with E-state index in [9.17, 15) is 0 Å². The van der Waals surface area contributed by atoms with Crippen molar-refractivity contribution in [2.75, 3.05) is 0 Å². The van der Waals surface area contributed by atoms with E-state index in [2.05, 4.69) is 297 Å². The van der Waals surface area contributed by atoms with Crippen LogP contribution in [-0.4, -0.2) is 28.2 Å². The predicted molar refractivity (Wildman–Crippen MR) is 333 cm³/mol. The summed E-state index contributed by atoms with van der Waals surface area (Å²) in [5.41, 5.74) is 19.0. The van der Waals surface area contributed by atoms with Gasteiger partial charge in [-0.2, -0.15) is 0 Å². The SMILES string of the molecule is c1ccc(-n2c3ccccc3c3cc(-c4ccc5c(c4)c4ccccc4n5-c4nc(-c5cccc(-n6c7ccccc7c7ccc(-c8ccc9c(c8)c8ccccc8n9-c8ccccc8)cc76)c5)nc5ccccc45)ccc32)cc1. The van der Waals surface area contributed by atoms with Gasteiger partial charge in [0.15, 0.2) is 5.82 Å². The monoisotopic (exact) mass is 1020 g/mol. The molecule has 17 rings (SSSR count). The Hall–Kier alpha value is -10.8. The lowest BCUT2D eigenvalue weighted by atomic mass is 10.0. The quantitative estimate of drug-likeness (QED) is 0.160. The zero-order valence-corrected chi connectivity index (χ0v) is 43.2. The molecule has 0 fully saturated rings. The summed E-state index contributed by atoms with van der Waals surface area (Å²) < 4.78 is 9.49. The molecule has 5 heterocycles. The van der Waals surface area contributed by atoms with Crippen LogP contribution >= 0.6 is 0 Å². The molecule has 5 aromatic heterocycles. The van der Waals surface area contributed by atoms with Crippen LogP contribution in [0.1, 0.15) is 0 Å². The van der Waals surface area contributed by atoms with Gasteiger partial charge in [-0.1, -0.05) is 164 Å². The van der Waals surface area contributed by atoms with Crippen molar-refractivity contribution in [1.29, 1.82) is 0 Å². The fraction of sp³-hybridized carbons (Fsp3) is 0. The van der Waals surface area contributed by atoms with E-state index in [1.165, 1.54) is 76.3 Å². The molecule has 372 valence electrons. The van der Waals surface area contributed by atoms with E-state index in [0.29, 0.717) is 5.82 Å².